The van der Waals surface area contributed by atoms with Crippen LogP contribution in [0.15, 0.2) is 0 Å². The van der Waals surface area contributed by atoms with Crippen molar-refractivity contribution in [2.75, 3.05) is 13.2 Å². The molecule has 1 unspecified atom stereocenters. The molecule has 58 valence electrons. The molecule has 1 fully saturated rings. The Kier molecular flexibility index (Phi) is 3.35. The van der Waals surface area contributed by atoms with Gasteiger partial charge in [-0.1, -0.05) is 0 Å². The van der Waals surface area contributed by atoms with Crippen LogP contribution in [0.2, 0.25) is 0 Å². The molecule has 0 saturated carbocycles. The summed E-state index contributed by atoms with van der Waals surface area (Å²) in [6, 6.07) is 0. The molecule has 0 radical (unpaired) electrons. The Bertz CT molecular complexity index is 99.9. The van der Waals surface area contributed by atoms with Gasteiger partial charge in [0.1, 0.15) is 12.9 Å². The summed E-state index contributed by atoms with van der Waals surface area (Å²) in [5.41, 5.74) is 0. The molecule has 1 rings (SSSR count). The van der Waals surface area contributed by atoms with Gasteiger partial charge in [-0.25, -0.2) is 9.78 Å². The van der Waals surface area contributed by atoms with E-state index < -0.39 is 0 Å². The predicted molar refractivity (Wildman–Crippen MR) is 32.1 cm³/mol. The van der Waals surface area contributed by atoms with Gasteiger partial charge < -0.3 is 9.53 Å². The number of carbonyl (C=O) groups is 1. The van der Waals surface area contributed by atoms with Gasteiger partial charge in [0.05, 0.1) is 6.61 Å². The molecule has 1 saturated heterocycles. The molecule has 0 aromatic heterocycles. The first kappa shape index (κ1) is 7.65. The molecular weight excluding hydrogens is 136 g/mol. The molecular formula is C6H10O4. The fourth-order valence-corrected chi connectivity index (χ4v) is 0.444. The molecule has 0 aliphatic carbocycles. The first-order valence-corrected chi connectivity index (χ1v) is 3.27. The third kappa shape index (κ3) is 3.55. The maximum atomic E-state index is 9.79. The highest BCUT2D eigenvalue weighted by Gasteiger charge is 2.24. The molecule has 0 aromatic rings. The number of epoxide rings is 1. The lowest BCUT2D eigenvalue weighted by Gasteiger charge is -1.96. The highest BCUT2D eigenvalue weighted by atomic mass is 17.2. The Morgan fingerprint density at radius 1 is 1.70 bits per heavy atom. The van der Waals surface area contributed by atoms with E-state index >= 15 is 0 Å². The minimum Gasteiger partial charge on any atom is -0.342 e. The zero-order chi connectivity index (χ0) is 7.23. The van der Waals surface area contributed by atoms with Crippen molar-refractivity contribution < 1.29 is 19.3 Å². The van der Waals surface area contributed by atoms with Crippen molar-refractivity contribution in [1.82, 2.24) is 0 Å². The van der Waals surface area contributed by atoms with Gasteiger partial charge in [-0.3, -0.25) is 0 Å². The van der Waals surface area contributed by atoms with Gasteiger partial charge in [0, 0.05) is 6.42 Å². The molecule has 1 aliphatic rings. The number of rotatable bonds is 6. The highest BCUT2D eigenvalue weighted by molar-refractivity contribution is 5.48. The Hall–Kier alpha value is -0.450. The fraction of sp³-hybridized carbons (Fsp3) is 0.833. The van der Waals surface area contributed by atoms with Crippen LogP contribution >= 0.6 is 0 Å². The van der Waals surface area contributed by atoms with E-state index in [1.807, 2.05) is 0 Å². The van der Waals surface area contributed by atoms with E-state index in [-0.39, 0.29) is 6.29 Å². The first-order valence-electron chi connectivity index (χ1n) is 3.27. The van der Waals surface area contributed by atoms with Gasteiger partial charge in [0.15, 0.2) is 0 Å². The molecule has 0 amide bonds. The highest BCUT2D eigenvalue weighted by Crippen LogP contribution is 2.10. The number of hydrogen-bond acceptors (Lipinski definition) is 4. The van der Waals surface area contributed by atoms with Gasteiger partial charge in [0.25, 0.3) is 0 Å². The molecule has 1 aliphatic heterocycles. The summed E-state index contributed by atoms with van der Waals surface area (Å²) >= 11 is 0. The quantitative estimate of drug-likeness (QED) is 0.177. The lowest BCUT2D eigenvalue weighted by Crippen LogP contribution is -1.99. The molecule has 0 bridgehead atoms. The smallest absolute Gasteiger partial charge is 0.215 e. The molecule has 4 heteroatoms. The van der Waals surface area contributed by atoms with Crippen molar-refractivity contribution in [2.24, 2.45) is 0 Å². The van der Waals surface area contributed by atoms with Crippen LogP contribution in [0.3, 0.4) is 0 Å². The number of carbonyl (C=O) groups excluding carboxylic acids is 1. The van der Waals surface area contributed by atoms with Crippen molar-refractivity contribution in [3.05, 3.63) is 0 Å². The molecule has 1 heterocycles. The molecule has 10 heavy (non-hydrogen) atoms. The third-order valence-electron chi connectivity index (χ3n) is 1.03. The Balaban J connectivity index is 1.72. The zero-order valence-electron chi connectivity index (χ0n) is 5.62. The van der Waals surface area contributed by atoms with Crippen molar-refractivity contribution in [3.8, 4) is 0 Å². The van der Waals surface area contributed by atoms with Gasteiger partial charge in [0.2, 0.25) is 6.29 Å². The molecule has 0 N–H and O–H groups in total. The van der Waals surface area contributed by atoms with Crippen molar-refractivity contribution in [1.29, 1.82) is 0 Å². The van der Waals surface area contributed by atoms with Crippen LogP contribution in [-0.2, 0) is 19.3 Å². The summed E-state index contributed by atoms with van der Waals surface area (Å²) in [6.07, 6.45) is 1.93. The number of aldehydes is 1. The number of hydrogen-bond donors (Lipinski definition) is 0. The summed E-state index contributed by atoms with van der Waals surface area (Å²) in [4.78, 5) is 19.1. The second kappa shape index (κ2) is 4.38. The SMILES string of the molecule is O=CCCCOOC1CO1. The fourth-order valence-electron chi connectivity index (χ4n) is 0.444. The van der Waals surface area contributed by atoms with E-state index in [2.05, 4.69) is 9.78 Å². The molecule has 1 atom stereocenters. The normalized spacial score (nSPS) is 22.6. The standard InChI is InChI=1S/C6H10O4/c7-3-1-2-4-9-10-6-5-8-6/h3,6H,1-2,4-5H2. The van der Waals surface area contributed by atoms with Crippen LogP contribution < -0.4 is 0 Å². The van der Waals surface area contributed by atoms with Gasteiger partial charge in [-0.05, 0) is 6.42 Å². The third-order valence-corrected chi connectivity index (χ3v) is 1.03. The van der Waals surface area contributed by atoms with Gasteiger partial charge >= 0.3 is 0 Å². The Labute approximate surface area is 59.0 Å². The average molecular weight is 146 g/mol. The van der Waals surface area contributed by atoms with Crippen LogP contribution in [0.25, 0.3) is 0 Å². The summed E-state index contributed by atoms with van der Waals surface area (Å²) < 4.78 is 4.70. The maximum Gasteiger partial charge on any atom is 0.215 e. The molecule has 0 spiro atoms. The van der Waals surface area contributed by atoms with Crippen LogP contribution in [0.4, 0.5) is 0 Å². The van der Waals surface area contributed by atoms with Crippen LogP contribution in [0.1, 0.15) is 12.8 Å². The van der Waals surface area contributed by atoms with Crippen molar-refractivity contribution >= 4 is 6.29 Å². The summed E-state index contributed by atoms with van der Waals surface area (Å²) in [5, 5.41) is 0. The minimum absolute atomic E-state index is 0.156. The summed E-state index contributed by atoms with van der Waals surface area (Å²) in [6.45, 7) is 1.08. The van der Waals surface area contributed by atoms with Crippen LogP contribution in [0.5, 0.6) is 0 Å². The van der Waals surface area contributed by atoms with Gasteiger partial charge in [-0.15, -0.1) is 0 Å². The lowest BCUT2D eigenvalue weighted by atomic mass is 10.4. The van der Waals surface area contributed by atoms with Gasteiger partial charge in [-0.2, -0.15) is 0 Å². The van der Waals surface area contributed by atoms with Crippen molar-refractivity contribution in [3.63, 3.8) is 0 Å². The second-order valence-electron chi connectivity index (χ2n) is 1.99. The van der Waals surface area contributed by atoms with E-state index in [0.29, 0.717) is 26.1 Å². The number of ether oxygens (including phenoxy) is 1. The average Bonchev–Trinajstić information content (AvgIpc) is 2.71. The van der Waals surface area contributed by atoms with Crippen LogP contribution in [-0.4, -0.2) is 25.8 Å². The maximum absolute atomic E-state index is 9.79. The topological polar surface area (TPSA) is 48.1 Å². The van der Waals surface area contributed by atoms with E-state index in [1.54, 1.807) is 0 Å². The molecule has 4 nitrogen and oxygen atoms in total. The predicted octanol–water partition coefficient (Wildman–Crippen LogP) is 0.270. The van der Waals surface area contributed by atoms with E-state index in [9.17, 15) is 4.79 Å². The Morgan fingerprint density at radius 3 is 3.10 bits per heavy atom. The van der Waals surface area contributed by atoms with E-state index in [1.165, 1.54) is 0 Å². The lowest BCUT2D eigenvalue weighted by molar-refractivity contribution is -0.320. The minimum atomic E-state index is -0.156. The molecule has 0 aromatic carbocycles. The van der Waals surface area contributed by atoms with Crippen molar-refractivity contribution in [2.45, 2.75) is 19.1 Å². The largest absolute Gasteiger partial charge is 0.342 e. The zero-order valence-corrected chi connectivity index (χ0v) is 5.62. The summed E-state index contributed by atoms with van der Waals surface area (Å²) in [7, 11) is 0. The van der Waals surface area contributed by atoms with E-state index in [4.69, 9.17) is 4.74 Å². The van der Waals surface area contributed by atoms with E-state index in [0.717, 1.165) is 6.29 Å². The monoisotopic (exact) mass is 146 g/mol. The Morgan fingerprint density at radius 2 is 2.50 bits per heavy atom. The summed E-state index contributed by atoms with van der Waals surface area (Å²) in [5.74, 6) is 0. The van der Waals surface area contributed by atoms with Crippen LogP contribution in [0, 0.1) is 0 Å². The second-order valence-corrected chi connectivity index (χ2v) is 1.99. The number of unbranched alkanes of at least 4 members (excludes halogenated alkanes) is 1. The first-order chi connectivity index (χ1) is 4.93.